The van der Waals surface area contributed by atoms with Crippen molar-refractivity contribution in [1.82, 2.24) is 4.98 Å². The van der Waals surface area contributed by atoms with Gasteiger partial charge in [0.2, 0.25) is 0 Å². The van der Waals surface area contributed by atoms with E-state index in [-0.39, 0.29) is 11.3 Å². The maximum atomic E-state index is 8.67. The summed E-state index contributed by atoms with van der Waals surface area (Å²) in [5.74, 6) is 1.02. The topological polar surface area (TPSA) is 80.7 Å². The van der Waals surface area contributed by atoms with E-state index in [0.717, 1.165) is 29.5 Å². The quantitative estimate of drug-likeness (QED) is 0.265. The first kappa shape index (κ1) is 15.8. The van der Waals surface area contributed by atoms with Crippen molar-refractivity contribution in [1.29, 1.82) is 0 Å². The molecule has 5 nitrogen and oxygen atoms in total. The van der Waals surface area contributed by atoms with Crippen LogP contribution in [0.15, 0.2) is 28.1 Å². The van der Waals surface area contributed by atoms with Crippen molar-refractivity contribution in [3.63, 3.8) is 0 Å². The number of hydrogen-bond acceptors (Lipinski definition) is 4. The molecular formula is C13H20BrN3O2. The van der Waals surface area contributed by atoms with Crippen LogP contribution >= 0.6 is 15.9 Å². The zero-order chi connectivity index (χ0) is 14.3. The highest BCUT2D eigenvalue weighted by Gasteiger charge is 2.22. The molecule has 0 atom stereocenters. The highest BCUT2D eigenvalue weighted by molar-refractivity contribution is 9.10. The number of unbranched alkanes of at least 4 members (excludes halogenated alkanes) is 1. The van der Waals surface area contributed by atoms with Gasteiger partial charge in [-0.15, -0.1) is 0 Å². The smallest absolute Gasteiger partial charge is 0.144 e. The van der Waals surface area contributed by atoms with E-state index in [1.165, 1.54) is 0 Å². The zero-order valence-electron chi connectivity index (χ0n) is 11.3. The van der Waals surface area contributed by atoms with Gasteiger partial charge in [-0.05, 0) is 41.3 Å². The number of nitrogens with zero attached hydrogens (tertiary/aromatic N) is 2. The molecule has 19 heavy (non-hydrogen) atoms. The Balaban J connectivity index is 2.25. The van der Waals surface area contributed by atoms with Gasteiger partial charge in [-0.2, -0.15) is 0 Å². The van der Waals surface area contributed by atoms with Gasteiger partial charge >= 0.3 is 0 Å². The lowest BCUT2D eigenvalue weighted by molar-refractivity contribution is 0.287. The largest absolute Gasteiger partial charge is 0.492 e. The van der Waals surface area contributed by atoms with Crippen molar-refractivity contribution < 1.29 is 9.94 Å². The summed E-state index contributed by atoms with van der Waals surface area (Å²) in [6.45, 7) is 4.55. The molecule has 6 heteroatoms. The Morgan fingerprint density at radius 3 is 2.84 bits per heavy atom. The first-order chi connectivity index (χ1) is 8.95. The van der Waals surface area contributed by atoms with E-state index in [0.29, 0.717) is 6.61 Å². The summed E-state index contributed by atoms with van der Waals surface area (Å²) in [4.78, 5) is 4.02. The van der Waals surface area contributed by atoms with Gasteiger partial charge in [-0.1, -0.05) is 19.0 Å². The molecule has 0 radical (unpaired) electrons. The molecule has 0 aliphatic rings. The van der Waals surface area contributed by atoms with Crippen molar-refractivity contribution in [2.45, 2.75) is 33.1 Å². The second-order valence-corrected chi connectivity index (χ2v) is 5.93. The van der Waals surface area contributed by atoms with Crippen LogP contribution in [-0.4, -0.2) is 22.6 Å². The van der Waals surface area contributed by atoms with E-state index in [1.807, 2.05) is 19.9 Å². The third-order valence-electron chi connectivity index (χ3n) is 2.95. The maximum Gasteiger partial charge on any atom is 0.144 e. The van der Waals surface area contributed by atoms with Crippen molar-refractivity contribution in [3.8, 4) is 5.75 Å². The molecule has 106 valence electrons. The highest BCUT2D eigenvalue weighted by Crippen LogP contribution is 2.23. The normalized spacial score (nSPS) is 12.5. The van der Waals surface area contributed by atoms with Crippen molar-refractivity contribution in [2.24, 2.45) is 16.3 Å². The van der Waals surface area contributed by atoms with Crippen molar-refractivity contribution in [2.75, 3.05) is 6.61 Å². The van der Waals surface area contributed by atoms with Crippen LogP contribution in [0.3, 0.4) is 0 Å². The van der Waals surface area contributed by atoms with Crippen LogP contribution in [0.2, 0.25) is 0 Å². The van der Waals surface area contributed by atoms with Crippen molar-refractivity contribution >= 4 is 21.8 Å². The molecule has 1 rings (SSSR count). The second kappa shape index (κ2) is 7.33. The highest BCUT2D eigenvalue weighted by atomic mass is 79.9. The van der Waals surface area contributed by atoms with Crippen LogP contribution in [0, 0.1) is 5.41 Å². The number of hydrogen-bond donors (Lipinski definition) is 2. The number of pyridine rings is 1. The number of ether oxygens (including phenoxy) is 1. The Labute approximate surface area is 122 Å². The lowest BCUT2D eigenvalue weighted by Crippen LogP contribution is -2.31. The molecule has 0 aliphatic carbocycles. The Morgan fingerprint density at radius 2 is 2.21 bits per heavy atom. The summed E-state index contributed by atoms with van der Waals surface area (Å²) >= 11 is 3.34. The Bertz CT molecular complexity index is 436. The van der Waals surface area contributed by atoms with Gasteiger partial charge in [0.05, 0.1) is 12.8 Å². The first-order valence-electron chi connectivity index (χ1n) is 6.17. The van der Waals surface area contributed by atoms with Gasteiger partial charge in [-0.25, -0.2) is 0 Å². The third kappa shape index (κ3) is 5.46. The van der Waals surface area contributed by atoms with Crippen LogP contribution < -0.4 is 10.5 Å². The van der Waals surface area contributed by atoms with E-state index >= 15 is 0 Å². The third-order valence-corrected chi connectivity index (χ3v) is 3.38. The van der Waals surface area contributed by atoms with Gasteiger partial charge < -0.3 is 15.7 Å². The fourth-order valence-corrected chi connectivity index (χ4v) is 1.94. The molecular weight excluding hydrogens is 310 g/mol. The molecule has 0 amide bonds. The van der Waals surface area contributed by atoms with Crippen LogP contribution in [-0.2, 0) is 0 Å². The minimum absolute atomic E-state index is 0.268. The number of oxime groups is 1. The first-order valence-corrected chi connectivity index (χ1v) is 6.96. The van der Waals surface area contributed by atoms with Gasteiger partial charge in [-0.3, -0.25) is 4.98 Å². The van der Waals surface area contributed by atoms with Crippen molar-refractivity contribution in [3.05, 3.63) is 22.9 Å². The van der Waals surface area contributed by atoms with E-state index in [2.05, 4.69) is 26.1 Å². The summed E-state index contributed by atoms with van der Waals surface area (Å²) in [6, 6.07) is 1.88. The minimum Gasteiger partial charge on any atom is -0.492 e. The van der Waals surface area contributed by atoms with Gasteiger partial charge in [0.15, 0.2) is 0 Å². The van der Waals surface area contributed by atoms with E-state index in [4.69, 9.17) is 15.7 Å². The summed E-state index contributed by atoms with van der Waals surface area (Å²) in [7, 11) is 0. The molecule has 0 aromatic carbocycles. The van der Waals surface area contributed by atoms with Crippen LogP contribution in [0.1, 0.15) is 33.1 Å². The Morgan fingerprint density at radius 1 is 1.47 bits per heavy atom. The molecule has 0 unspecified atom stereocenters. The molecule has 3 N–H and O–H groups in total. The zero-order valence-corrected chi connectivity index (χ0v) is 12.9. The summed E-state index contributed by atoms with van der Waals surface area (Å²) in [5.41, 5.74) is 5.34. The fraction of sp³-hybridized carbons (Fsp3) is 0.538. The molecule has 1 heterocycles. The molecule has 0 saturated heterocycles. The van der Waals surface area contributed by atoms with Gasteiger partial charge in [0.25, 0.3) is 0 Å². The van der Waals surface area contributed by atoms with Crippen LogP contribution in [0.25, 0.3) is 0 Å². The minimum atomic E-state index is -0.286. The van der Waals surface area contributed by atoms with E-state index in [1.54, 1.807) is 12.4 Å². The second-order valence-electron chi connectivity index (χ2n) is 5.01. The summed E-state index contributed by atoms with van der Waals surface area (Å²) in [5, 5.41) is 11.7. The number of aromatic nitrogens is 1. The molecule has 0 aliphatic heterocycles. The molecule has 1 aromatic heterocycles. The monoisotopic (exact) mass is 329 g/mol. The number of nitrogens with two attached hydrogens (primary N) is 1. The fourth-order valence-electron chi connectivity index (χ4n) is 1.59. The van der Waals surface area contributed by atoms with Gasteiger partial charge in [0.1, 0.15) is 11.6 Å². The molecule has 0 fully saturated rings. The molecule has 0 spiro atoms. The summed E-state index contributed by atoms with van der Waals surface area (Å²) in [6.07, 6.45) is 6.11. The van der Waals surface area contributed by atoms with Crippen LogP contribution in [0.5, 0.6) is 5.75 Å². The number of rotatable bonds is 7. The number of halogens is 1. The molecule has 0 saturated carbocycles. The Kier molecular flexibility index (Phi) is 6.08. The standard InChI is InChI=1S/C13H20BrN3O2/c1-13(2,12(15)17-18)5-3-4-6-19-11-7-10(14)8-16-9-11/h7-9,18H,3-6H2,1-2H3,(H2,15,17). The predicted octanol–water partition coefficient (Wildman–Crippen LogP) is 3.17. The van der Waals surface area contributed by atoms with Crippen LogP contribution in [0.4, 0.5) is 0 Å². The lowest BCUT2D eigenvalue weighted by atomic mass is 9.86. The lowest BCUT2D eigenvalue weighted by Gasteiger charge is -2.22. The average molecular weight is 330 g/mol. The van der Waals surface area contributed by atoms with Gasteiger partial charge in [0, 0.05) is 16.1 Å². The predicted molar refractivity (Wildman–Crippen MR) is 78.5 cm³/mol. The molecule has 1 aromatic rings. The molecule has 0 bridgehead atoms. The summed E-state index contributed by atoms with van der Waals surface area (Å²) < 4.78 is 6.49. The maximum absolute atomic E-state index is 8.67. The SMILES string of the molecule is CC(C)(CCCCOc1cncc(Br)c1)/C(N)=N/O. The van der Waals surface area contributed by atoms with E-state index < -0.39 is 0 Å². The Hall–Kier alpha value is -1.30. The number of amidine groups is 1. The average Bonchev–Trinajstić information content (AvgIpc) is 2.37. The van der Waals surface area contributed by atoms with E-state index in [9.17, 15) is 0 Å².